The maximum Gasteiger partial charge on any atom is 0.305 e. The van der Waals surface area contributed by atoms with Gasteiger partial charge in [0.05, 0.1) is 6.61 Å². The summed E-state index contributed by atoms with van der Waals surface area (Å²) in [4.78, 5) is 11.2. The molecule has 0 saturated heterocycles. The number of benzene rings is 1. The van der Waals surface area contributed by atoms with Crippen molar-refractivity contribution in [3.05, 3.63) is 28.2 Å². The molecule has 0 aliphatic heterocycles. The van der Waals surface area contributed by atoms with Gasteiger partial charge in [-0.1, -0.05) is 15.9 Å². The van der Waals surface area contributed by atoms with Crippen molar-refractivity contribution >= 4 is 21.9 Å². The van der Waals surface area contributed by atoms with Crippen LogP contribution in [-0.2, 0) is 16.0 Å². The predicted octanol–water partition coefficient (Wildman–Crippen LogP) is 2.37. The maximum absolute atomic E-state index is 11.2. The van der Waals surface area contributed by atoms with Gasteiger partial charge in [0.1, 0.15) is 5.75 Å². The molecule has 4 nitrogen and oxygen atoms in total. The summed E-state index contributed by atoms with van der Waals surface area (Å²) in [7, 11) is 0. The molecule has 5 heteroatoms. The van der Waals surface area contributed by atoms with Crippen LogP contribution in [0, 0.1) is 0 Å². The summed E-state index contributed by atoms with van der Waals surface area (Å²) in [5, 5.41) is 9.68. The van der Waals surface area contributed by atoms with E-state index in [1.54, 1.807) is 19.1 Å². The molecule has 0 amide bonds. The summed E-state index contributed by atoms with van der Waals surface area (Å²) in [5.41, 5.74) is 6.71. The Morgan fingerprint density at radius 2 is 2.28 bits per heavy atom. The molecule has 0 bridgehead atoms. The molecule has 0 saturated carbocycles. The third kappa shape index (κ3) is 5.06. The zero-order chi connectivity index (χ0) is 13.5. The zero-order valence-electron chi connectivity index (χ0n) is 10.4. The Balaban J connectivity index is 2.46. The van der Waals surface area contributed by atoms with Crippen molar-refractivity contribution in [3.8, 4) is 5.75 Å². The number of ether oxygens (including phenoxy) is 1. The number of esters is 1. The van der Waals surface area contributed by atoms with Crippen molar-refractivity contribution in [1.29, 1.82) is 0 Å². The average molecular weight is 316 g/mol. The summed E-state index contributed by atoms with van der Waals surface area (Å²) in [5.74, 6) is -0.00352. The van der Waals surface area contributed by atoms with Crippen molar-refractivity contribution in [3.63, 3.8) is 0 Å². The molecular formula is C13H18BrNO3. The standard InChI is InChI=1S/C13H18BrNO3/c1-2-18-13(17)6-4-11(15)8-9-7-10(14)3-5-12(9)16/h3,5,7,11,16H,2,4,6,8,15H2,1H3. The van der Waals surface area contributed by atoms with Gasteiger partial charge in [-0.05, 0) is 43.5 Å². The molecule has 0 aromatic heterocycles. The Bertz CT molecular complexity index is 409. The van der Waals surface area contributed by atoms with Gasteiger partial charge in [0.15, 0.2) is 0 Å². The van der Waals surface area contributed by atoms with E-state index in [1.807, 2.05) is 6.07 Å². The van der Waals surface area contributed by atoms with Crippen molar-refractivity contribution in [2.24, 2.45) is 5.73 Å². The molecule has 1 atom stereocenters. The molecule has 1 aromatic rings. The quantitative estimate of drug-likeness (QED) is 0.790. The fourth-order valence-electron chi connectivity index (χ4n) is 1.64. The number of carbonyl (C=O) groups is 1. The number of rotatable bonds is 6. The fourth-order valence-corrected chi connectivity index (χ4v) is 2.05. The van der Waals surface area contributed by atoms with Crippen LogP contribution in [0.25, 0.3) is 0 Å². The monoisotopic (exact) mass is 315 g/mol. The first-order chi connectivity index (χ1) is 8.52. The molecule has 0 aliphatic rings. The van der Waals surface area contributed by atoms with E-state index in [-0.39, 0.29) is 17.8 Å². The van der Waals surface area contributed by atoms with Crippen LogP contribution >= 0.6 is 15.9 Å². The number of phenolic OH excluding ortho intramolecular Hbond substituents is 1. The molecule has 0 aliphatic carbocycles. The van der Waals surface area contributed by atoms with E-state index in [0.29, 0.717) is 25.9 Å². The minimum Gasteiger partial charge on any atom is -0.508 e. The fraction of sp³-hybridized carbons (Fsp3) is 0.462. The lowest BCUT2D eigenvalue weighted by molar-refractivity contribution is -0.143. The lowest BCUT2D eigenvalue weighted by Crippen LogP contribution is -2.24. The van der Waals surface area contributed by atoms with Gasteiger partial charge in [-0.3, -0.25) is 4.79 Å². The lowest BCUT2D eigenvalue weighted by atomic mass is 10.0. The Kier molecular flexibility index (Phi) is 6.15. The van der Waals surface area contributed by atoms with E-state index in [4.69, 9.17) is 10.5 Å². The van der Waals surface area contributed by atoms with Gasteiger partial charge < -0.3 is 15.6 Å². The highest BCUT2D eigenvalue weighted by atomic mass is 79.9. The SMILES string of the molecule is CCOC(=O)CCC(N)Cc1cc(Br)ccc1O. The number of carbonyl (C=O) groups excluding carboxylic acids is 1. The number of hydrogen-bond acceptors (Lipinski definition) is 4. The van der Waals surface area contributed by atoms with Crippen LogP contribution in [0.5, 0.6) is 5.75 Å². The third-order valence-corrected chi connectivity index (χ3v) is 3.04. The Morgan fingerprint density at radius 1 is 1.56 bits per heavy atom. The molecular weight excluding hydrogens is 298 g/mol. The van der Waals surface area contributed by atoms with E-state index in [9.17, 15) is 9.90 Å². The molecule has 0 radical (unpaired) electrons. The third-order valence-electron chi connectivity index (χ3n) is 2.55. The van der Waals surface area contributed by atoms with Gasteiger partial charge in [-0.25, -0.2) is 0 Å². The lowest BCUT2D eigenvalue weighted by Gasteiger charge is -2.12. The number of phenols is 1. The maximum atomic E-state index is 11.2. The van der Waals surface area contributed by atoms with Crippen LogP contribution < -0.4 is 5.73 Å². The Hall–Kier alpha value is -1.07. The van der Waals surface area contributed by atoms with Crippen molar-refractivity contribution in [2.45, 2.75) is 32.2 Å². The van der Waals surface area contributed by atoms with Crippen molar-refractivity contribution in [1.82, 2.24) is 0 Å². The van der Waals surface area contributed by atoms with Crippen LogP contribution in [0.4, 0.5) is 0 Å². The summed E-state index contributed by atoms with van der Waals surface area (Å²) in [6.45, 7) is 2.16. The number of nitrogens with two attached hydrogens (primary N) is 1. The summed E-state index contributed by atoms with van der Waals surface area (Å²) in [6.07, 6.45) is 1.39. The van der Waals surface area contributed by atoms with Gasteiger partial charge >= 0.3 is 5.97 Å². The second-order valence-corrected chi connectivity index (χ2v) is 5.00. The van der Waals surface area contributed by atoms with E-state index in [0.717, 1.165) is 10.0 Å². The van der Waals surface area contributed by atoms with Crippen LogP contribution in [0.2, 0.25) is 0 Å². The summed E-state index contributed by atoms with van der Waals surface area (Å²) in [6, 6.07) is 5.05. The van der Waals surface area contributed by atoms with Gasteiger partial charge in [-0.15, -0.1) is 0 Å². The van der Waals surface area contributed by atoms with E-state index < -0.39 is 0 Å². The molecule has 1 aromatic carbocycles. The van der Waals surface area contributed by atoms with E-state index >= 15 is 0 Å². The molecule has 0 heterocycles. The molecule has 18 heavy (non-hydrogen) atoms. The largest absolute Gasteiger partial charge is 0.508 e. The minimum atomic E-state index is -0.230. The average Bonchev–Trinajstić information content (AvgIpc) is 2.32. The topological polar surface area (TPSA) is 72.5 Å². The van der Waals surface area contributed by atoms with Gasteiger partial charge in [0.25, 0.3) is 0 Å². The highest BCUT2D eigenvalue weighted by molar-refractivity contribution is 9.10. The first kappa shape index (κ1) is 15.0. The summed E-state index contributed by atoms with van der Waals surface area (Å²) >= 11 is 3.34. The van der Waals surface area contributed by atoms with Crippen molar-refractivity contribution < 1.29 is 14.6 Å². The van der Waals surface area contributed by atoms with Crippen LogP contribution in [-0.4, -0.2) is 23.7 Å². The molecule has 3 N–H and O–H groups in total. The molecule has 1 unspecified atom stereocenters. The predicted molar refractivity (Wildman–Crippen MR) is 73.4 cm³/mol. The second kappa shape index (κ2) is 7.38. The first-order valence-electron chi connectivity index (χ1n) is 5.91. The number of halogens is 1. The zero-order valence-corrected chi connectivity index (χ0v) is 11.9. The molecule has 0 fully saturated rings. The second-order valence-electron chi connectivity index (χ2n) is 4.08. The summed E-state index contributed by atoms with van der Waals surface area (Å²) < 4.78 is 5.73. The molecule has 0 spiro atoms. The van der Waals surface area contributed by atoms with Crippen molar-refractivity contribution in [2.75, 3.05) is 6.61 Å². The highest BCUT2D eigenvalue weighted by Crippen LogP contribution is 2.23. The molecule has 100 valence electrons. The Morgan fingerprint density at radius 3 is 2.94 bits per heavy atom. The first-order valence-corrected chi connectivity index (χ1v) is 6.70. The van der Waals surface area contributed by atoms with Crippen LogP contribution in [0.3, 0.4) is 0 Å². The van der Waals surface area contributed by atoms with Gasteiger partial charge in [-0.2, -0.15) is 0 Å². The van der Waals surface area contributed by atoms with Gasteiger partial charge in [0, 0.05) is 16.9 Å². The van der Waals surface area contributed by atoms with Crippen LogP contribution in [0.15, 0.2) is 22.7 Å². The van der Waals surface area contributed by atoms with E-state index in [1.165, 1.54) is 0 Å². The number of hydrogen-bond donors (Lipinski definition) is 2. The molecule has 1 rings (SSSR count). The minimum absolute atomic E-state index is 0.172. The normalized spacial score (nSPS) is 12.2. The number of aromatic hydroxyl groups is 1. The van der Waals surface area contributed by atoms with Gasteiger partial charge in [0.2, 0.25) is 0 Å². The smallest absolute Gasteiger partial charge is 0.305 e. The van der Waals surface area contributed by atoms with E-state index in [2.05, 4.69) is 15.9 Å². The Labute approximate surface area is 115 Å². The highest BCUT2D eigenvalue weighted by Gasteiger charge is 2.11. The van der Waals surface area contributed by atoms with Crippen LogP contribution in [0.1, 0.15) is 25.3 Å².